The van der Waals surface area contributed by atoms with Gasteiger partial charge in [-0.3, -0.25) is 0 Å². The SMILES string of the molecule is CCC1COCCN1c1ccc(CCl)cc1C#N. The molecule has 0 bridgehead atoms. The molecular weight excluding hydrogens is 248 g/mol. The predicted molar refractivity (Wildman–Crippen MR) is 73.0 cm³/mol. The van der Waals surface area contributed by atoms with Crippen molar-refractivity contribution in [3.05, 3.63) is 29.3 Å². The number of ether oxygens (including phenoxy) is 1. The van der Waals surface area contributed by atoms with E-state index in [1.165, 1.54) is 0 Å². The highest BCUT2D eigenvalue weighted by Crippen LogP contribution is 2.26. The summed E-state index contributed by atoms with van der Waals surface area (Å²) in [6.07, 6.45) is 1.02. The van der Waals surface area contributed by atoms with E-state index >= 15 is 0 Å². The number of hydrogen-bond donors (Lipinski definition) is 0. The fourth-order valence-corrected chi connectivity index (χ4v) is 2.48. The Labute approximate surface area is 113 Å². The molecule has 18 heavy (non-hydrogen) atoms. The summed E-state index contributed by atoms with van der Waals surface area (Å²) in [5.41, 5.74) is 2.69. The highest BCUT2D eigenvalue weighted by Gasteiger charge is 2.23. The highest BCUT2D eigenvalue weighted by molar-refractivity contribution is 6.17. The Morgan fingerprint density at radius 1 is 1.56 bits per heavy atom. The average Bonchev–Trinajstić information content (AvgIpc) is 2.46. The van der Waals surface area contributed by atoms with Gasteiger partial charge in [0.2, 0.25) is 0 Å². The van der Waals surface area contributed by atoms with Crippen LogP contribution in [0.1, 0.15) is 24.5 Å². The summed E-state index contributed by atoms with van der Waals surface area (Å²) in [7, 11) is 0. The summed E-state index contributed by atoms with van der Waals surface area (Å²) in [6, 6.07) is 8.50. The maximum absolute atomic E-state index is 9.28. The number of benzene rings is 1. The number of hydrogen-bond acceptors (Lipinski definition) is 3. The molecule has 1 saturated heterocycles. The van der Waals surface area contributed by atoms with Gasteiger partial charge in [-0.2, -0.15) is 5.26 Å². The van der Waals surface area contributed by atoms with Crippen molar-refractivity contribution in [3.8, 4) is 6.07 Å². The zero-order chi connectivity index (χ0) is 13.0. The molecule has 1 unspecified atom stereocenters. The van der Waals surface area contributed by atoms with Crippen molar-refractivity contribution in [2.45, 2.75) is 25.3 Å². The first kappa shape index (κ1) is 13.2. The highest BCUT2D eigenvalue weighted by atomic mass is 35.5. The first-order valence-corrected chi connectivity index (χ1v) is 6.77. The summed E-state index contributed by atoms with van der Waals surface area (Å²) in [5, 5.41) is 9.28. The second-order valence-corrected chi connectivity index (χ2v) is 4.69. The van der Waals surface area contributed by atoms with Crippen LogP contribution in [0.25, 0.3) is 0 Å². The second kappa shape index (κ2) is 6.08. The molecule has 96 valence electrons. The van der Waals surface area contributed by atoms with E-state index in [2.05, 4.69) is 17.9 Å². The zero-order valence-corrected chi connectivity index (χ0v) is 11.3. The predicted octanol–water partition coefficient (Wildman–Crippen LogP) is 2.91. The van der Waals surface area contributed by atoms with Crippen molar-refractivity contribution in [1.82, 2.24) is 0 Å². The molecule has 0 saturated carbocycles. The van der Waals surface area contributed by atoms with Crippen LogP contribution in [0.2, 0.25) is 0 Å². The van der Waals surface area contributed by atoms with Gasteiger partial charge in [-0.25, -0.2) is 0 Å². The van der Waals surface area contributed by atoms with Crippen LogP contribution in [-0.4, -0.2) is 25.8 Å². The lowest BCUT2D eigenvalue weighted by molar-refractivity contribution is 0.0930. The van der Waals surface area contributed by atoms with Crippen LogP contribution < -0.4 is 4.90 Å². The number of nitrogens with zero attached hydrogens (tertiary/aromatic N) is 2. The van der Waals surface area contributed by atoms with Gasteiger partial charge in [0.1, 0.15) is 6.07 Å². The lowest BCUT2D eigenvalue weighted by atomic mass is 10.1. The van der Waals surface area contributed by atoms with Gasteiger partial charge in [0.05, 0.1) is 30.5 Å². The fourth-order valence-electron chi connectivity index (χ4n) is 2.32. The maximum Gasteiger partial charge on any atom is 0.101 e. The number of nitriles is 1. The molecule has 0 aromatic heterocycles. The molecule has 1 atom stereocenters. The third-order valence-corrected chi connectivity index (χ3v) is 3.65. The van der Waals surface area contributed by atoms with Gasteiger partial charge in [-0.1, -0.05) is 13.0 Å². The third-order valence-electron chi connectivity index (χ3n) is 3.34. The number of morpholine rings is 1. The number of rotatable bonds is 3. The van der Waals surface area contributed by atoms with Crippen molar-refractivity contribution in [3.63, 3.8) is 0 Å². The van der Waals surface area contributed by atoms with Crippen molar-refractivity contribution in [2.75, 3.05) is 24.7 Å². The molecule has 1 fully saturated rings. The second-order valence-electron chi connectivity index (χ2n) is 4.43. The van der Waals surface area contributed by atoms with Gasteiger partial charge in [-0.05, 0) is 24.1 Å². The standard InChI is InChI=1S/C14H17ClN2O/c1-2-13-10-18-6-5-17(13)14-4-3-11(8-15)7-12(14)9-16/h3-4,7,13H,2,5-6,8,10H2,1H3. The van der Waals surface area contributed by atoms with E-state index in [1.54, 1.807) is 0 Å². The van der Waals surface area contributed by atoms with Crippen molar-refractivity contribution in [2.24, 2.45) is 0 Å². The van der Waals surface area contributed by atoms with E-state index in [9.17, 15) is 5.26 Å². The molecule has 1 aromatic carbocycles. The van der Waals surface area contributed by atoms with E-state index < -0.39 is 0 Å². The first-order chi connectivity index (χ1) is 8.80. The molecule has 4 heteroatoms. The molecule has 2 rings (SSSR count). The van der Waals surface area contributed by atoms with Gasteiger partial charge in [0.25, 0.3) is 0 Å². The number of anilines is 1. The minimum atomic E-state index is 0.354. The maximum atomic E-state index is 9.28. The molecule has 0 radical (unpaired) electrons. The molecule has 0 amide bonds. The quantitative estimate of drug-likeness (QED) is 0.788. The van der Waals surface area contributed by atoms with Crippen LogP contribution in [0.3, 0.4) is 0 Å². The van der Waals surface area contributed by atoms with E-state index in [4.69, 9.17) is 16.3 Å². The van der Waals surface area contributed by atoms with Gasteiger partial charge < -0.3 is 9.64 Å². The van der Waals surface area contributed by atoms with Crippen LogP contribution in [-0.2, 0) is 10.6 Å². The normalized spacial score (nSPS) is 19.6. The van der Waals surface area contributed by atoms with Crippen LogP contribution in [0.5, 0.6) is 0 Å². The van der Waals surface area contributed by atoms with E-state index in [0.29, 0.717) is 17.5 Å². The summed E-state index contributed by atoms with van der Waals surface area (Å²) in [6.45, 7) is 4.44. The van der Waals surface area contributed by atoms with Crippen LogP contribution >= 0.6 is 11.6 Å². The molecule has 1 aliphatic rings. The Morgan fingerprint density at radius 2 is 2.39 bits per heavy atom. The molecule has 1 aliphatic heterocycles. The Morgan fingerprint density at radius 3 is 3.06 bits per heavy atom. The van der Waals surface area contributed by atoms with E-state index in [-0.39, 0.29) is 0 Å². The van der Waals surface area contributed by atoms with E-state index in [1.807, 2.05) is 18.2 Å². The lowest BCUT2D eigenvalue weighted by Gasteiger charge is -2.37. The monoisotopic (exact) mass is 264 g/mol. The summed E-state index contributed by atoms with van der Waals surface area (Å²) >= 11 is 5.81. The summed E-state index contributed by atoms with van der Waals surface area (Å²) < 4.78 is 5.50. The topological polar surface area (TPSA) is 36.3 Å². The van der Waals surface area contributed by atoms with Gasteiger partial charge in [-0.15, -0.1) is 11.6 Å². The summed E-state index contributed by atoms with van der Waals surface area (Å²) in [5.74, 6) is 0.440. The molecule has 1 aromatic rings. The largest absolute Gasteiger partial charge is 0.377 e. The third kappa shape index (κ3) is 2.60. The molecule has 0 spiro atoms. The molecular formula is C14H17ClN2O. The summed E-state index contributed by atoms with van der Waals surface area (Å²) in [4.78, 5) is 2.28. The molecule has 1 heterocycles. The molecule has 0 aliphatic carbocycles. The Balaban J connectivity index is 2.34. The number of alkyl halides is 1. The van der Waals surface area contributed by atoms with Crippen molar-refractivity contribution >= 4 is 17.3 Å². The Hall–Kier alpha value is -1.24. The molecule has 0 N–H and O–H groups in total. The van der Waals surface area contributed by atoms with Crippen molar-refractivity contribution in [1.29, 1.82) is 5.26 Å². The van der Waals surface area contributed by atoms with Gasteiger partial charge in [0, 0.05) is 12.4 Å². The van der Waals surface area contributed by atoms with Gasteiger partial charge in [0.15, 0.2) is 0 Å². The minimum Gasteiger partial charge on any atom is -0.377 e. The van der Waals surface area contributed by atoms with Crippen LogP contribution in [0, 0.1) is 11.3 Å². The minimum absolute atomic E-state index is 0.354. The lowest BCUT2D eigenvalue weighted by Crippen LogP contribution is -2.45. The Kier molecular flexibility index (Phi) is 4.46. The van der Waals surface area contributed by atoms with Crippen LogP contribution in [0.15, 0.2) is 18.2 Å². The Bertz CT molecular complexity index is 456. The smallest absolute Gasteiger partial charge is 0.101 e. The van der Waals surface area contributed by atoms with E-state index in [0.717, 1.165) is 37.4 Å². The first-order valence-electron chi connectivity index (χ1n) is 6.23. The van der Waals surface area contributed by atoms with Crippen molar-refractivity contribution < 1.29 is 4.74 Å². The number of halogens is 1. The van der Waals surface area contributed by atoms with Crippen LogP contribution in [0.4, 0.5) is 5.69 Å². The fraction of sp³-hybridized carbons (Fsp3) is 0.500. The molecule has 3 nitrogen and oxygen atoms in total. The average molecular weight is 265 g/mol. The van der Waals surface area contributed by atoms with Gasteiger partial charge >= 0.3 is 0 Å². The zero-order valence-electron chi connectivity index (χ0n) is 10.5.